The Labute approximate surface area is 174 Å². The molecule has 1 aromatic carbocycles. The van der Waals surface area contributed by atoms with Gasteiger partial charge in [-0.2, -0.15) is 16.9 Å². The monoisotopic (exact) mass is 418 g/mol. The van der Waals surface area contributed by atoms with Crippen LogP contribution in [0.1, 0.15) is 28.2 Å². The second kappa shape index (κ2) is 10.7. The van der Waals surface area contributed by atoms with E-state index in [0.29, 0.717) is 29.1 Å². The fraction of sp³-hybridized carbons (Fsp3) is 0.400. The van der Waals surface area contributed by atoms with Crippen LogP contribution in [-0.4, -0.2) is 52.2 Å². The minimum Gasteiger partial charge on any atom is -0.454 e. The van der Waals surface area contributed by atoms with Crippen molar-refractivity contribution in [3.8, 4) is 0 Å². The van der Waals surface area contributed by atoms with Gasteiger partial charge in [0.05, 0.1) is 17.1 Å². The summed E-state index contributed by atoms with van der Waals surface area (Å²) in [5.41, 5.74) is 2.53. The van der Waals surface area contributed by atoms with Crippen molar-refractivity contribution in [3.63, 3.8) is 0 Å². The predicted molar refractivity (Wildman–Crippen MR) is 113 cm³/mol. The first-order valence-corrected chi connectivity index (χ1v) is 10.5. The van der Waals surface area contributed by atoms with Crippen LogP contribution in [0, 0.1) is 13.8 Å². The Bertz CT molecular complexity index is 867. The van der Waals surface area contributed by atoms with Gasteiger partial charge in [0.2, 0.25) is 0 Å². The number of rotatable bonds is 9. The second-order valence-electron chi connectivity index (χ2n) is 6.50. The van der Waals surface area contributed by atoms with Gasteiger partial charge in [-0.25, -0.2) is 4.79 Å². The highest BCUT2D eigenvalue weighted by molar-refractivity contribution is 7.98. The number of hydrogen-bond donors (Lipinski definition) is 2. The summed E-state index contributed by atoms with van der Waals surface area (Å²) in [7, 11) is 1.78. The third-order valence-corrected chi connectivity index (χ3v) is 5.00. The van der Waals surface area contributed by atoms with Crippen LogP contribution in [0.2, 0.25) is 0 Å². The number of amides is 2. The highest BCUT2D eigenvalue weighted by Gasteiger charge is 2.23. The van der Waals surface area contributed by atoms with Gasteiger partial charge in [0.1, 0.15) is 6.04 Å². The molecule has 1 aromatic heterocycles. The van der Waals surface area contributed by atoms with Crippen LogP contribution >= 0.6 is 11.8 Å². The average molecular weight is 419 g/mol. The van der Waals surface area contributed by atoms with Crippen molar-refractivity contribution in [2.45, 2.75) is 26.3 Å². The number of hydrogen-bond acceptors (Lipinski definition) is 6. The van der Waals surface area contributed by atoms with E-state index in [-0.39, 0.29) is 5.91 Å². The number of ether oxygens (including phenoxy) is 1. The first-order chi connectivity index (χ1) is 13.8. The average Bonchev–Trinajstić information content (AvgIpc) is 2.95. The number of aromatic nitrogens is 2. The SMILES string of the molecule is CSCC[C@H](NC(=O)c1ccccc1)C(=O)OCC(=O)Nc1c(C)nn(C)c1C. The van der Waals surface area contributed by atoms with Crippen molar-refractivity contribution < 1.29 is 19.1 Å². The molecule has 2 aromatic rings. The van der Waals surface area contributed by atoms with E-state index in [4.69, 9.17) is 4.74 Å². The molecule has 2 N–H and O–H groups in total. The molecular formula is C20H26N4O4S. The van der Waals surface area contributed by atoms with Crippen molar-refractivity contribution in [1.29, 1.82) is 0 Å². The van der Waals surface area contributed by atoms with Crippen LogP contribution in [0.15, 0.2) is 30.3 Å². The van der Waals surface area contributed by atoms with Crippen LogP contribution in [0.5, 0.6) is 0 Å². The molecule has 0 aliphatic carbocycles. The molecule has 8 nitrogen and oxygen atoms in total. The molecule has 0 aliphatic heterocycles. The lowest BCUT2D eigenvalue weighted by atomic mass is 10.1. The van der Waals surface area contributed by atoms with E-state index in [1.165, 1.54) is 0 Å². The zero-order valence-corrected chi connectivity index (χ0v) is 17.8. The molecular weight excluding hydrogens is 392 g/mol. The fourth-order valence-electron chi connectivity index (χ4n) is 2.68. The summed E-state index contributed by atoms with van der Waals surface area (Å²) in [4.78, 5) is 37.0. The molecule has 2 rings (SSSR count). The van der Waals surface area contributed by atoms with Gasteiger partial charge in [0.25, 0.3) is 11.8 Å². The molecule has 0 bridgehead atoms. The number of carbonyl (C=O) groups excluding carboxylic acids is 3. The highest BCUT2D eigenvalue weighted by Crippen LogP contribution is 2.18. The predicted octanol–water partition coefficient (Wildman–Crippen LogP) is 2.07. The molecule has 0 aliphatic rings. The summed E-state index contributed by atoms with van der Waals surface area (Å²) >= 11 is 1.55. The molecule has 2 amide bonds. The van der Waals surface area contributed by atoms with E-state index in [9.17, 15) is 14.4 Å². The summed E-state index contributed by atoms with van der Waals surface area (Å²) in [6, 6.07) is 7.80. The van der Waals surface area contributed by atoms with Gasteiger partial charge in [0.15, 0.2) is 6.61 Å². The van der Waals surface area contributed by atoms with E-state index in [1.54, 1.807) is 60.7 Å². The first-order valence-electron chi connectivity index (χ1n) is 9.15. The lowest BCUT2D eigenvalue weighted by molar-refractivity contribution is -0.149. The molecule has 0 unspecified atom stereocenters. The third-order valence-electron chi connectivity index (χ3n) is 4.36. The number of thioether (sulfide) groups is 1. The van der Waals surface area contributed by atoms with Gasteiger partial charge in [-0.3, -0.25) is 14.3 Å². The van der Waals surface area contributed by atoms with E-state index >= 15 is 0 Å². The van der Waals surface area contributed by atoms with Crippen molar-refractivity contribution in [3.05, 3.63) is 47.3 Å². The molecule has 0 fully saturated rings. The molecule has 29 heavy (non-hydrogen) atoms. The molecule has 1 atom stereocenters. The van der Waals surface area contributed by atoms with E-state index < -0.39 is 24.5 Å². The molecule has 0 spiro atoms. The zero-order chi connectivity index (χ0) is 21.4. The number of esters is 1. The standard InChI is InChI=1S/C20H26N4O4S/c1-13-18(14(2)24(3)23-13)22-17(25)12-28-20(27)16(10-11-29-4)21-19(26)15-8-6-5-7-9-15/h5-9,16H,10-12H2,1-4H3,(H,21,26)(H,22,25)/t16-/m0/s1. The van der Waals surface area contributed by atoms with Gasteiger partial charge < -0.3 is 15.4 Å². The Morgan fingerprint density at radius 2 is 1.90 bits per heavy atom. The Kier molecular flexibility index (Phi) is 8.26. The van der Waals surface area contributed by atoms with Gasteiger partial charge >= 0.3 is 5.97 Å². The number of nitrogens with zero attached hydrogens (tertiary/aromatic N) is 2. The molecule has 0 saturated heterocycles. The largest absolute Gasteiger partial charge is 0.454 e. The first kappa shape index (κ1) is 22.5. The van der Waals surface area contributed by atoms with Crippen molar-refractivity contribution in [1.82, 2.24) is 15.1 Å². The number of nitrogens with one attached hydrogen (secondary N) is 2. The van der Waals surface area contributed by atoms with Crippen LogP contribution in [0.3, 0.4) is 0 Å². The van der Waals surface area contributed by atoms with Crippen LogP contribution in [-0.2, 0) is 21.4 Å². The number of aryl methyl sites for hydroxylation is 2. The Hall–Kier alpha value is -2.81. The molecule has 1 heterocycles. The lowest BCUT2D eigenvalue weighted by Gasteiger charge is -2.17. The maximum absolute atomic E-state index is 12.5. The van der Waals surface area contributed by atoms with Crippen LogP contribution < -0.4 is 10.6 Å². The Morgan fingerprint density at radius 3 is 2.48 bits per heavy atom. The Balaban J connectivity index is 1.94. The number of anilines is 1. The third kappa shape index (κ3) is 6.35. The zero-order valence-electron chi connectivity index (χ0n) is 17.0. The van der Waals surface area contributed by atoms with E-state index in [1.807, 2.05) is 13.2 Å². The molecule has 9 heteroatoms. The van der Waals surface area contributed by atoms with Crippen molar-refractivity contribution in [2.75, 3.05) is 23.9 Å². The topological polar surface area (TPSA) is 102 Å². The minimum absolute atomic E-state index is 0.361. The maximum Gasteiger partial charge on any atom is 0.329 e. The fourth-order valence-corrected chi connectivity index (χ4v) is 3.15. The second-order valence-corrected chi connectivity index (χ2v) is 7.48. The van der Waals surface area contributed by atoms with Gasteiger partial charge in [-0.15, -0.1) is 0 Å². The number of benzene rings is 1. The lowest BCUT2D eigenvalue weighted by Crippen LogP contribution is -2.43. The quantitative estimate of drug-likeness (QED) is 0.605. The van der Waals surface area contributed by atoms with Crippen LogP contribution in [0.25, 0.3) is 0 Å². The smallest absolute Gasteiger partial charge is 0.329 e. The summed E-state index contributed by atoms with van der Waals surface area (Å²) < 4.78 is 6.82. The normalized spacial score (nSPS) is 11.6. The van der Waals surface area contributed by atoms with Gasteiger partial charge in [0, 0.05) is 12.6 Å². The molecule has 0 radical (unpaired) electrons. The van der Waals surface area contributed by atoms with E-state index in [2.05, 4.69) is 15.7 Å². The van der Waals surface area contributed by atoms with Crippen molar-refractivity contribution >= 4 is 35.2 Å². The van der Waals surface area contributed by atoms with E-state index in [0.717, 1.165) is 5.69 Å². The van der Waals surface area contributed by atoms with Gasteiger partial charge in [-0.1, -0.05) is 18.2 Å². The maximum atomic E-state index is 12.5. The molecule has 156 valence electrons. The summed E-state index contributed by atoms with van der Waals surface area (Å²) in [5.74, 6) is -0.803. The van der Waals surface area contributed by atoms with Gasteiger partial charge in [-0.05, 0) is 44.4 Å². The highest BCUT2D eigenvalue weighted by atomic mass is 32.2. The van der Waals surface area contributed by atoms with Crippen LogP contribution in [0.4, 0.5) is 5.69 Å². The summed E-state index contributed by atoms with van der Waals surface area (Å²) in [6.45, 7) is 3.18. The number of carbonyl (C=O) groups is 3. The molecule has 0 saturated carbocycles. The summed E-state index contributed by atoms with van der Waals surface area (Å²) in [5, 5.41) is 9.63. The Morgan fingerprint density at radius 1 is 1.21 bits per heavy atom. The van der Waals surface area contributed by atoms with Crippen molar-refractivity contribution in [2.24, 2.45) is 7.05 Å². The minimum atomic E-state index is -0.829. The summed E-state index contributed by atoms with van der Waals surface area (Å²) in [6.07, 6.45) is 2.31.